The van der Waals surface area contributed by atoms with E-state index in [2.05, 4.69) is 21.1 Å². The maximum atomic E-state index is 12.1. The van der Waals surface area contributed by atoms with Crippen LogP contribution in [0.5, 0.6) is 0 Å². The van der Waals surface area contributed by atoms with Crippen molar-refractivity contribution in [2.45, 2.75) is 13.5 Å². The van der Waals surface area contributed by atoms with Crippen molar-refractivity contribution in [2.75, 3.05) is 0 Å². The molecule has 122 valence electrons. The highest BCUT2D eigenvalue weighted by Crippen LogP contribution is 2.23. The SMILES string of the molecule is Cc1ccc(-c2cc(COC(=O)c3cc(Br)ccc3Cl)no2)cc1. The van der Waals surface area contributed by atoms with Gasteiger partial charge in [-0.15, -0.1) is 0 Å². The summed E-state index contributed by atoms with van der Waals surface area (Å²) in [6, 6.07) is 14.6. The average Bonchev–Trinajstić information content (AvgIpc) is 3.04. The van der Waals surface area contributed by atoms with Crippen LogP contribution in [0, 0.1) is 6.92 Å². The molecule has 0 radical (unpaired) electrons. The summed E-state index contributed by atoms with van der Waals surface area (Å²) in [6.07, 6.45) is 0. The molecule has 0 unspecified atom stereocenters. The van der Waals surface area contributed by atoms with Gasteiger partial charge in [0.25, 0.3) is 0 Å². The first-order chi connectivity index (χ1) is 11.5. The number of aromatic nitrogens is 1. The molecule has 0 amide bonds. The number of esters is 1. The molecular formula is C18H13BrClNO3. The predicted molar refractivity (Wildman–Crippen MR) is 94.9 cm³/mol. The van der Waals surface area contributed by atoms with Gasteiger partial charge in [0.05, 0.1) is 10.6 Å². The van der Waals surface area contributed by atoms with Crippen molar-refractivity contribution in [3.05, 3.63) is 74.8 Å². The summed E-state index contributed by atoms with van der Waals surface area (Å²) in [5.74, 6) is 0.114. The van der Waals surface area contributed by atoms with Gasteiger partial charge in [0.2, 0.25) is 0 Å². The molecule has 0 saturated heterocycles. The van der Waals surface area contributed by atoms with E-state index in [1.807, 2.05) is 31.2 Å². The molecule has 1 aromatic heterocycles. The average molecular weight is 407 g/mol. The Kier molecular flexibility index (Phi) is 5.02. The minimum atomic E-state index is -0.513. The predicted octanol–water partition coefficient (Wildman–Crippen LogP) is 5.42. The number of ether oxygens (including phenoxy) is 1. The van der Waals surface area contributed by atoms with Crippen molar-refractivity contribution in [1.29, 1.82) is 0 Å². The fourth-order valence-corrected chi connectivity index (χ4v) is 2.66. The number of carbonyl (C=O) groups is 1. The Morgan fingerprint density at radius 1 is 1.21 bits per heavy atom. The number of nitrogens with zero attached hydrogens (tertiary/aromatic N) is 1. The molecule has 2 aromatic carbocycles. The van der Waals surface area contributed by atoms with Crippen molar-refractivity contribution in [2.24, 2.45) is 0 Å². The topological polar surface area (TPSA) is 52.3 Å². The van der Waals surface area contributed by atoms with E-state index in [0.29, 0.717) is 22.0 Å². The van der Waals surface area contributed by atoms with Gasteiger partial charge in [0.15, 0.2) is 5.76 Å². The number of aryl methyl sites for hydroxylation is 1. The van der Waals surface area contributed by atoms with Crippen LogP contribution >= 0.6 is 27.5 Å². The first-order valence-electron chi connectivity index (χ1n) is 7.18. The molecule has 0 fully saturated rings. The summed E-state index contributed by atoms with van der Waals surface area (Å²) < 4.78 is 11.3. The molecule has 0 aliphatic carbocycles. The highest BCUT2D eigenvalue weighted by atomic mass is 79.9. The lowest BCUT2D eigenvalue weighted by atomic mass is 10.1. The Morgan fingerprint density at radius 3 is 2.71 bits per heavy atom. The second-order valence-electron chi connectivity index (χ2n) is 5.25. The van der Waals surface area contributed by atoms with Crippen LogP contribution < -0.4 is 0 Å². The monoisotopic (exact) mass is 405 g/mol. The van der Waals surface area contributed by atoms with Crippen molar-refractivity contribution < 1.29 is 14.1 Å². The highest BCUT2D eigenvalue weighted by molar-refractivity contribution is 9.10. The van der Waals surface area contributed by atoms with Gasteiger partial charge >= 0.3 is 5.97 Å². The number of hydrogen-bond acceptors (Lipinski definition) is 4. The molecule has 0 saturated carbocycles. The van der Waals surface area contributed by atoms with E-state index in [1.165, 1.54) is 5.56 Å². The summed E-state index contributed by atoms with van der Waals surface area (Å²) in [4.78, 5) is 12.1. The molecule has 0 atom stereocenters. The van der Waals surface area contributed by atoms with Crippen molar-refractivity contribution in [1.82, 2.24) is 5.16 Å². The summed E-state index contributed by atoms with van der Waals surface area (Å²) in [7, 11) is 0. The Labute approximate surface area is 152 Å². The van der Waals surface area contributed by atoms with Gasteiger partial charge in [0, 0.05) is 16.1 Å². The molecule has 0 aliphatic heterocycles. The lowest BCUT2D eigenvalue weighted by Gasteiger charge is -2.04. The Morgan fingerprint density at radius 2 is 1.96 bits per heavy atom. The van der Waals surface area contributed by atoms with Gasteiger partial charge in [-0.25, -0.2) is 4.79 Å². The van der Waals surface area contributed by atoms with E-state index in [0.717, 1.165) is 10.0 Å². The second-order valence-corrected chi connectivity index (χ2v) is 6.57. The quantitative estimate of drug-likeness (QED) is 0.543. The Hall–Kier alpha value is -2.11. The zero-order chi connectivity index (χ0) is 17.1. The Bertz CT molecular complexity index is 874. The molecule has 3 aromatic rings. The fourth-order valence-electron chi connectivity index (χ4n) is 2.10. The minimum Gasteiger partial charge on any atom is -0.455 e. The van der Waals surface area contributed by atoms with Crippen LogP contribution in [-0.2, 0) is 11.3 Å². The third kappa shape index (κ3) is 3.86. The maximum Gasteiger partial charge on any atom is 0.340 e. The first-order valence-corrected chi connectivity index (χ1v) is 8.35. The largest absolute Gasteiger partial charge is 0.455 e. The molecular weight excluding hydrogens is 394 g/mol. The zero-order valence-electron chi connectivity index (χ0n) is 12.8. The van der Waals surface area contributed by atoms with Gasteiger partial charge in [-0.2, -0.15) is 0 Å². The molecule has 0 N–H and O–H groups in total. The second kappa shape index (κ2) is 7.20. The first kappa shape index (κ1) is 16.7. The minimum absolute atomic E-state index is 0.0109. The normalized spacial score (nSPS) is 10.6. The van der Waals surface area contributed by atoms with E-state index in [-0.39, 0.29) is 6.61 Å². The van der Waals surface area contributed by atoms with Gasteiger partial charge in [-0.3, -0.25) is 0 Å². The van der Waals surface area contributed by atoms with Crippen LogP contribution in [0.3, 0.4) is 0 Å². The molecule has 24 heavy (non-hydrogen) atoms. The Balaban J connectivity index is 1.68. The maximum absolute atomic E-state index is 12.1. The molecule has 0 bridgehead atoms. The fraction of sp³-hybridized carbons (Fsp3) is 0.111. The summed E-state index contributed by atoms with van der Waals surface area (Å²) in [5.41, 5.74) is 2.91. The highest BCUT2D eigenvalue weighted by Gasteiger charge is 2.14. The van der Waals surface area contributed by atoms with Crippen LogP contribution in [-0.4, -0.2) is 11.1 Å². The summed E-state index contributed by atoms with van der Waals surface area (Å²) in [6.45, 7) is 2.03. The molecule has 0 spiro atoms. The number of benzene rings is 2. The molecule has 0 aliphatic rings. The van der Waals surface area contributed by atoms with Crippen molar-refractivity contribution >= 4 is 33.5 Å². The third-order valence-electron chi connectivity index (χ3n) is 3.39. The van der Waals surface area contributed by atoms with Crippen LogP contribution in [0.25, 0.3) is 11.3 Å². The van der Waals surface area contributed by atoms with E-state index >= 15 is 0 Å². The lowest BCUT2D eigenvalue weighted by molar-refractivity contribution is 0.0464. The van der Waals surface area contributed by atoms with E-state index in [1.54, 1.807) is 24.3 Å². The van der Waals surface area contributed by atoms with E-state index < -0.39 is 5.97 Å². The van der Waals surface area contributed by atoms with E-state index in [9.17, 15) is 4.79 Å². The molecule has 3 rings (SSSR count). The lowest BCUT2D eigenvalue weighted by Crippen LogP contribution is -2.06. The molecule has 1 heterocycles. The summed E-state index contributed by atoms with van der Waals surface area (Å²) in [5, 5.41) is 4.26. The standard InChI is InChI=1S/C18H13BrClNO3/c1-11-2-4-12(5-3-11)17-9-14(21-24-17)10-23-18(22)15-8-13(19)6-7-16(15)20/h2-9H,10H2,1H3. The van der Waals surface area contributed by atoms with Gasteiger partial charge in [0.1, 0.15) is 12.3 Å². The van der Waals surface area contributed by atoms with Gasteiger partial charge < -0.3 is 9.26 Å². The summed E-state index contributed by atoms with van der Waals surface area (Å²) >= 11 is 9.32. The number of rotatable bonds is 4. The van der Waals surface area contributed by atoms with Crippen LogP contribution in [0.15, 0.2) is 57.5 Å². The third-order valence-corrected chi connectivity index (χ3v) is 4.22. The van der Waals surface area contributed by atoms with Crippen molar-refractivity contribution in [3.63, 3.8) is 0 Å². The van der Waals surface area contributed by atoms with Crippen LogP contribution in [0.2, 0.25) is 5.02 Å². The number of halogens is 2. The zero-order valence-corrected chi connectivity index (χ0v) is 15.1. The van der Waals surface area contributed by atoms with Crippen molar-refractivity contribution in [3.8, 4) is 11.3 Å². The van der Waals surface area contributed by atoms with Crippen LogP contribution in [0.1, 0.15) is 21.6 Å². The van der Waals surface area contributed by atoms with Crippen LogP contribution in [0.4, 0.5) is 0 Å². The smallest absolute Gasteiger partial charge is 0.340 e. The van der Waals surface area contributed by atoms with Gasteiger partial charge in [-0.05, 0) is 25.1 Å². The molecule has 6 heteroatoms. The van der Waals surface area contributed by atoms with Gasteiger partial charge in [-0.1, -0.05) is 62.5 Å². The number of hydrogen-bond donors (Lipinski definition) is 0. The van der Waals surface area contributed by atoms with E-state index in [4.69, 9.17) is 20.9 Å². The number of carbonyl (C=O) groups excluding carboxylic acids is 1. The molecule has 4 nitrogen and oxygen atoms in total.